The monoisotopic (exact) mass is 472 g/mol. The van der Waals surface area contributed by atoms with Crippen molar-refractivity contribution in [1.29, 1.82) is 0 Å². The quantitative estimate of drug-likeness (QED) is 0.501. The summed E-state index contributed by atoms with van der Waals surface area (Å²) in [6.45, 7) is 5.61. The maximum atomic E-state index is 12.9. The van der Waals surface area contributed by atoms with Crippen LogP contribution in [0.15, 0.2) is 66.7 Å². The van der Waals surface area contributed by atoms with Crippen LogP contribution in [0.4, 0.5) is 5.69 Å². The number of carbonyl (C=O) groups is 3. The highest BCUT2D eigenvalue weighted by atomic mass is 16.5. The summed E-state index contributed by atoms with van der Waals surface area (Å²) in [6.07, 6.45) is 0. The van der Waals surface area contributed by atoms with E-state index in [1.807, 2.05) is 62.4 Å². The largest absolute Gasteiger partial charge is 0.485 e. The molecule has 3 aromatic carbocycles. The van der Waals surface area contributed by atoms with Gasteiger partial charge in [-0.25, -0.2) is 0 Å². The molecule has 1 atom stereocenters. The van der Waals surface area contributed by atoms with Gasteiger partial charge in [0.25, 0.3) is 5.91 Å². The molecule has 1 heterocycles. The third-order valence-corrected chi connectivity index (χ3v) is 5.93. The molecular weight excluding hydrogens is 444 g/mol. The second-order valence-corrected chi connectivity index (χ2v) is 8.60. The Hall–Kier alpha value is -4.13. The van der Waals surface area contributed by atoms with Crippen LogP contribution in [0.1, 0.15) is 34.0 Å². The van der Waals surface area contributed by atoms with Gasteiger partial charge in [0.1, 0.15) is 17.5 Å². The van der Waals surface area contributed by atoms with Gasteiger partial charge in [0.2, 0.25) is 5.91 Å². The average molecular weight is 473 g/mol. The molecule has 7 nitrogen and oxygen atoms in total. The minimum atomic E-state index is -0.786. The van der Waals surface area contributed by atoms with Crippen LogP contribution in [0.5, 0.6) is 11.5 Å². The van der Waals surface area contributed by atoms with Crippen molar-refractivity contribution in [3.05, 3.63) is 89.0 Å². The minimum absolute atomic E-state index is 0.148. The molecule has 0 aliphatic carbocycles. The maximum absolute atomic E-state index is 12.9. The molecule has 7 heteroatoms. The van der Waals surface area contributed by atoms with Gasteiger partial charge in [-0.3, -0.25) is 19.3 Å². The maximum Gasteiger partial charge on any atom is 0.265 e. The van der Waals surface area contributed by atoms with Crippen LogP contribution < -0.4 is 19.7 Å². The fraction of sp³-hybridized carbons (Fsp3) is 0.250. The van der Waals surface area contributed by atoms with Gasteiger partial charge in [-0.05, 0) is 56.2 Å². The van der Waals surface area contributed by atoms with Crippen molar-refractivity contribution in [2.45, 2.75) is 33.4 Å². The lowest BCUT2D eigenvalue weighted by atomic mass is 10.1. The molecule has 1 N–H and O–H groups in total. The summed E-state index contributed by atoms with van der Waals surface area (Å²) in [5.41, 5.74) is 3.78. The molecule has 0 unspecified atom stereocenters. The summed E-state index contributed by atoms with van der Waals surface area (Å²) in [4.78, 5) is 39.9. The smallest absolute Gasteiger partial charge is 0.265 e. The summed E-state index contributed by atoms with van der Waals surface area (Å²) in [5, 5.41) is 2.87. The molecule has 0 saturated heterocycles. The van der Waals surface area contributed by atoms with Crippen molar-refractivity contribution in [2.75, 3.05) is 18.1 Å². The van der Waals surface area contributed by atoms with E-state index in [4.69, 9.17) is 9.47 Å². The number of benzene rings is 3. The first-order valence-corrected chi connectivity index (χ1v) is 11.5. The standard InChI is InChI=1S/C28H28N2O5/c1-18-9-11-25(19(2)13-18)34-16-24(31)22-10-12-26-23(14-22)30(27(32)17-35-26)20(3)28(33)29-15-21-7-5-4-6-8-21/h4-14,20H,15-17H2,1-3H3,(H,29,33)/t20-/m0/s1. The number of anilines is 1. The molecule has 0 radical (unpaired) electrons. The van der Waals surface area contributed by atoms with E-state index in [0.717, 1.165) is 16.7 Å². The van der Waals surface area contributed by atoms with E-state index in [0.29, 0.717) is 29.3 Å². The van der Waals surface area contributed by atoms with Crippen LogP contribution in [0.25, 0.3) is 0 Å². The number of hydrogen-bond acceptors (Lipinski definition) is 5. The number of fused-ring (bicyclic) bond motifs is 1. The van der Waals surface area contributed by atoms with Crippen LogP contribution in [-0.2, 0) is 16.1 Å². The number of Topliss-reactive ketones (excluding diaryl/α,β-unsaturated/α-hetero) is 1. The van der Waals surface area contributed by atoms with Gasteiger partial charge in [0.05, 0.1) is 5.69 Å². The molecule has 1 aliphatic rings. The van der Waals surface area contributed by atoms with Gasteiger partial charge in [0, 0.05) is 12.1 Å². The average Bonchev–Trinajstić information content (AvgIpc) is 2.86. The van der Waals surface area contributed by atoms with E-state index in [1.54, 1.807) is 25.1 Å². The number of ketones is 1. The predicted molar refractivity (Wildman–Crippen MR) is 133 cm³/mol. The molecule has 0 spiro atoms. The molecule has 3 aromatic rings. The van der Waals surface area contributed by atoms with E-state index >= 15 is 0 Å². The SMILES string of the molecule is Cc1ccc(OCC(=O)c2ccc3c(c2)N([C@@H](C)C(=O)NCc2ccccc2)C(=O)CO3)c(C)c1. The van der Waals surface area contributed by atoms with Crippen LogP contribution in [0.3, 0.4) is 0 Å². The predicted octanol–water partition coefficient (Wildman–Crippen LogP) is 4.00. The second-order valence-electron chi connectivity index (χ2n) is 8.60. The number of ether oxygens (including phenoxy) is 2. The number of nitrogens with one attached hydrogen (secondary N) is 1. The Bertz CT molecular complexity index is 1260. The highest BCUT2D eigenvalue weighted by molar-refractivity contribution is 6.05. The lowest BCUT2D eigenvalue weighted by Gasteiger charge is -2.33. The molecule has 0 saturated carbocycles. The summed E-state index contributed by atoms with van der Waals surface area (Å²) < 4.78 is 11.3. The fourth-order valence-corrected chi connectivity index (χ4v) is 4.01. The summed E-state index contributed by atoms with van der Waals surface area (Å²) >= 11 is 0. The second kappa shape index (κ2) is 10.4. The van der Waals surface area contributed by atoms with Gasteiger partial charge in [0.15, 0.2) is 19.0 Å². The zero-order valence-corrected chi connectivity index (χ0v) is 20.0. The summed E-state index contributed by atoms with van der Waals surface area (Å²) in [7, 11) is 0. The van der Waals surface area contributed by atoms with E-state index in [-0.39, 0.29) is 30.8 Å². The fourth-order valence-electron chi connectivity index (χ4n) is 4.01. The van der Waals surface area contributed by atoms with E-state index < -0.39 is 6.04 Å². The zero-order valence-electron chi connectivity index (χ0n) is 20.0. The topological polar surface area (TPSA) is 84.9 Å². The molecule has 0 fully saturated rings. The van der Waals surface area contributed by atoms with Crippen molar-refractivity contribution in [3.63, 3.8) is 0 Å². The van der Waals surface area contributed by atoms with Gasteiger partial charge in [-0.2, -0.15) is 0 Å². The Morgan fingerprint density at radius 3 is 2.57 bits per heavy atom. The molecule has 0 aromatic heterocycles. The Morgan fingerprint density at radius 1 is 1.06 bits per heavy atom. The third-order valence-electron chi connectivity index (χ3n) is 5.93. The highest BCUT2D eigenvalue weighted by Gasteiger charge is 2.33. The number of rotatable bonds is 8. The van der Waals surface area contributed by atoms with Crippen molar-refractivity contribution >= 4 is 23.3 Å². The van der Waals surface area contributed by atoms with Crippen LogP contribution in [0.2, 0.25) is 0 Å². The highest BCUT2D eigenvalue weighted by Crippen LogP contribution is 2.34. The third kappa shape index (κ3) is 5.51. The van der Waals surface area contributed by atoms with E-state index in [2.05, 4.69) is 5.32 Å². The molecule has 4 rings (SSSR count). The Morgan fingerprint density at radius 2 is 1.83 bits per heavy atom. The number of amides is 2. The first kappa shape index (κ1) is 24.0. The summed E-state index contributed by atoms with van der Waals surface area (Å²) in [5.74, 6) is 0.192. The number of hydrogen-bond donors (Lipinski definition) is 1. The molecule has 180 valence electrons. The Balaban J connectivity index is 1.49. The van der Waals surface area contributed by atoms with Gasteiger partial charge < -0.3 is 14.8 Å². The minimum Gasteiger partial charge on any atom is -0.485 e. The molecule has 35 heavy (non-hydrogen) atoms. The molecule has 2 amide bonds. The first-order valence-electron chi connectivity index (χ1n) is 11.5. The molecular formula is C28H28N2O5. The van der Waals surface area contributed by atoms with Gasteiger partial charge >= 0.3 is 0 Å². The van der Waals surface area contributed by atoms with Crippen LogP contribution in [0, 0.1) is 13.8 Å². The summed E-state index contributed by atoms with van der Waals surface area (Å²) in [6, 6.07) is 19.4. The lowest BCUT2D eigenvalue weighted by molar-refractivity contribution is -0.127. The van der Waals surface area contributed by atoms with Gasteiger partial charge in [-0.15, -0.1) is 0 Å². The van der Waals surface area contributed by atoms with Crippen molar-refractivity contribution in [2.24, 2.45) is 0 Å². The number of nitrogens with zero attached hydrogens (tertiary/aromatic N) is 1. The van der Waals surface area contributed by atoms with Crippen molar-refractivity contribution < 1.29 is 23.9 Å². The van der Waals surface area contributed by atoms with E-state index in [1.165, 1.54) is 4.90 Å². The molecule has 1 aliphatic heterocycles. The normalized spacial score (nSPS) is 13.5. The number of carbonyl (C=O) groups excluding carboxylic acids is 3. The number of aryl methyl sites for hydroxylation is 2. The lowest BCUT2D eigenvalue weighted by Crippen LogP contribution is -2.51. The first-order chi connectivity index (χ1) is 16.8. The van der Waals surface area contributed by atoms with Crippen molar-refractivity contribution in [1.82, 2.24) is 5.32 Å². The van der Waals surface area contributed by atoms with Crippen LogP contribution >= 0.6 is 0 Å². The van der Waals surface area contributed by atoms with Crippen molar-refractivity contribution in [3.8, 4) is 11.5 Å². The Kier molecular flexibility index (Phi) is 7.15. The van der Waals surface area contributed by atoms with E-state index in [9.17, 15) is 14.4 Å². The Labute approximate surface area is 204 Å². The zero-order chi connectivity index (χ0) is 24.9. The van der Waals surface area contributed by atoms with Gasteiger partial charge in [-0.1, -0.05) is 48.0 Å². The molecule has 0 bridgehead atoms. The van der Waals surface area contributed by atoms with Crippen LogP contribution in [-0.4, -0.2) is 36.9 Å².